The highest BCUT2D eigenvalue weighted by Gasteiger charge is 2.42. The molecule has 0 amide bonds. The molecular weight excluding hydrogens is 204 g/mol. The molecule has 2 rings (SSSR count). The van der Waals surface area contributed by atoms with E-state index in [1.165, 1.54) is 0 Å². The third-order valence-electron chi connectivity index (χ3n) is 3.37. The van der Waals surface area contributed by atoms with E-state index in [0.717, 1.165) is 24.9 Å². The Bertz CT molecular complexity index is 380. The van der Waals surface area contributed by atoms with Crippen LogP contribution in [0.2, 0.25) is 0 Å². The van der Waals surface area contributed by atoms with Crippen LogP contribution in [0.4, 0.5) is 0 Å². The molecule has 4 heteroatoms. The van der Waals surface area contributed by atoms with Crippen LogP contribution in [0.5, 0.6) is 0 Å². The lowest BCUT2D eigenvalue weighted by molar-refractivity contribution is -0.148. The van der Waals surface area contributed by atoms with E-state index in [9.17, 15) is 9.90 Å². The van der Waals surface area contributed by atoms with Gasteiger partial charge in [0.25, 0.3) is 0 Å². The van der Waals surface area contributed by atoms with Crippen molar-refractivity contribution in [2.24, 2.45) is 0 Å². The number of rotatable bonds is 3. The number of likely N-dealkylation sites (tertiary alicyclic amines) is 1. The molecule has 16 heavy (non-hydrogen) atoms. The molecule has 0 bridgehead atoms. The summed E-state index contributed by atoms with van der Waals surface area (Å²) in [6.45, 7) is 3.35. The zero-order valence-corrected chi connectivity index (χ0v) is 9.39. The first kappa shape index (κ1) is 11.1. The highest BCUT2D eigenvalue weighted by molar-refractivity contribution is 5.78. The molecule has 1 aliphatic rings. The fourth-order valence-corrected chi connectivity index (χ4v) is 2.22. The SMILES string of the molecule is CC1(C(=O)O)CCCN1Cc1ccncc1. The molecule has 86 valence electrons. The minimum Gasteiger partial charge on any atom is -0.480 e. The van der Waals surface area contributed by atoms with Gasteiger partial charge in [-0.3, -0.25) is 14.7 Å². The molecule has 0 radical (unpaired) electrons. The van der Waals surface area contributed by atoms with Crippen molar-refractivity contribution in [2.45, 2.75) is 31.8 Å². The molecule has 1 atom stereocenters. The van der Waals surface area contributed by atoms with Crippen molar-refractivity contribution in [3.63, 3.8) is 0 Å². The first-order chi connectivity index (χ1) is 7.63. The fourth-order valence-electron chi connectivity index (χ4n) is 2.22. The number of nitrogens with zero attached hydrogens (tertiary/aromatic N) is 2. The average Bonchev–Trinajstić information content (AvgIpc) is 2.63. The number of aromatic nitrogens is 1. The second-order valence-electron chi connectivity index (χ2n) is 4.46. The molecule has 1 N–H and O–H groups in total. The number of pyridine rings is 1. The van der Waals surface area contributed by atoms with Gasteiger partial charge in [0.2, 0.25) is 0 Å². The lowest BCUT2D eigenvalue weighted by atomic mass is 9.99. The van der Waals surface area contributed by atoms with Gasteiger partial charge in [0.15, 0.2) is 0 Å². The van der Waals surface area contributed by atoms with Crippen LogP contribution in [-0.2, 0) is 11.3 Å². The van der Waals surface area contributed by atoms with Crippen LogP contribution in [-0.4, -0.2) is 33.0 Å². The molecule has 1 aliphatic heterocycles. The molecule has 0 spiro atoms. The summed E-state index contributed by atoms with van der Waals surface area (Å²) in [7, 11) is 0. The zero-order chi connectivity index (χ0) is 11.6. The summed E-state index contributed by atoms with van der Waals surface area (Å²) in [6, 6.07) is 3.86. The summed E-state index contributed by atoms with van der Waals surface area (Å²) in [5.41, 5.74) is 0.410. The Morgan fingerprint density at radius 3 is 2.88 bits per heavy atom. The van der Waals surface area contributed by atoms with Crippen molar-refractivity contribution in [3.05, 3.63) is 30.1 Å². The molecule has 1 fully saturated rings. The van der Waals surface area contributed by atoms with Crippen molar-refractivity contribution >= 4 is 5.97 Å². The van der Waals surface area contributed by atoms with E-state index in [-0.39, 0.29) is 0 Å². The van der Waals surface area contributed by atoms with E-state index in [2.05, 4.69) is 4.98 Å². The Kier molecular flexibility index (Phi) is 2.92. The molecule has 1 unspecified atom stereocenters. The van der Waals surface area contributed by atoms with E-state index >= 15 is 0 Å². The third-order valence-corrected chi connectivity index (χ3v) is 3.37. The average molecular weight is 220 g/mol. The Morgan fingerprint density at radius 2 is 2.25 bits per heavy atom. The molecular formula is C12H16N2O2. The summed E-state index contributed by atoms with van der Waals surface area (Å²) in [5.74, 6) is -0.723. The maximum atomic E-state index is 11.3. The van der Waals surface area contributed by atoms with Crippen LogP contribution < -0.4 is 0 Å². The summed E-state index contributed by atoms with van der Waals surface area (Å²) in [4.78, 5) is 17.3. The first-order valence-electron chi connectivity index (χ1n) is 5.50. The van der Waals surface area contributed by atoms with Gasteiger partial charge in [-0.15, -0.1) is 0 Å². The van der Waals surface area contributed by atoms with Crippen LogP contribution >= 0.6 is 0 Å². The van der Waals surface area contributed by atoms with Crippen molar-refractivity contribution in [1.82, 2.24) is 9.88 Å². The lowest BCUT2D eigenvalue weighted by Gasteiger charge is -2.31. The Morgan fingerprint density at radius 1 is 1.56 bits per heavy atom. The van der Waals surface area contributed by atoms with Gasteiger partial charge in [-0.05, 0) is 44.0 Å². The number of aliphatic carboxylic acids is 1. The van der Waals surface area contributed by atoms with Crippen LogP contribution in [0.1, 0.15) is 25.3 Å². The predicted molar refractivity (Wildman–Crippen MR) is 59.9 cm³/mol. The molecule has 2 heterocycles. The molecule has 0 saturated carbocycles. The quantitative estimate of drug-likeness (QED) is 0.839. The largest absolute Gasteiger partial charge is 0.480 e. The topological polar surface area (TPSA) is 53.4 Å². The number of hydrogen-bond acceptors (Lipinski definition) is 3. The standard InChI is InChI=1S/C12H16N2O2/c1-12(11(15)16)5-2-8-14(12)9-10-3-6-13-7-4-10/h3-4,6-7H,2,5,8-9H2,1H3,(H,15,16). The van der Waals surface area contributed by atoms with E-state index in [0.29, 0.717) is 6.54 Å². The lowest BCUT2D eigenvalue weighted by Crippen LogP contribution is -2.47. The van der Waals surface area contributed by atoms with Gasteiger partial charge in [0.1, 0.15) is 5.54 Å². The minimum absolute atomic E-state index is 0.686. The van der Waals surface area contributed by atoms with Gasteiger partial charge in [0.05, 0.1) is 0 Å². The maximum Gasteiger partial charge on any atom is 0.323 e. The zero-order valence-electron chi connectivity index (χ0n) is 9.39. The Labute approximate surface area is 94.9 Å². The van der Waals surface area contributed by atoms with E-state index in [1.54, 1.807) is 12.4 Å². The second kappa shape index (κ2) is 4.22. The van der Waals surface area contributed by atoms with Crippen LogP contribution in [0.25, 0.3) is 0 Å². The van der Waals surface area contributed by atoms with Gasteiger partial charge >= 0.3 is 5.97 Å². The monoisotopic (exact) mass is 220 g/mol. The Hall–Kier alpha value is -1.42. The molecule has 1 saturated heterocycles. The molecule has 1 aromatic rings. The molecule has 0 aromatic carbocycles. The van der Waals surface area contributed by atoms with Gasteiger partial charge in [-0.2, -0.15) is 0 Å². The minimum atomic E-state index is -0.723. The number of hydrogen-bond donors (Lipinski definition) is 1. The maximum absolute atomic E-state index is 11.3. The van der Waals surface area contributed by atoms with Gasteiger partial charge in [0, 0.05) is 18.9 Å². The number of carboxylic acid groups (broad SMARTS) is 1. The third kappa shape index (κ3) is 1.93. The van der Waals surface area contributed by atoms with Gasteiger partial charge in [-0.25, -0.2) is 0 Å². The second-order valence-corrected chi connectivity index (χ2v) is 4.46. The van der Waals surface area contributed by atoms with Crippen LogP contribution in [0.3, 0.4) is 0 Å². The molecule has 1 aromatic heterocycles. The van der Waals surface area contributed by atoms with Crippen molar-refractivity contribution in [3.8, 4) is 0 Å². The normalized spacial score (nSPS) is 25.8. The summed E-state index contributed by atoms with van der Waals surface area (Å²) in [6.07, 6.45) is 5.16. The summed E-state index contributed by atoms with van der Waals surface area (Å²) in [5, 5.41) is 9.27. The summed E-state index contributed by atoms with van der Waals surface area (Å²) < 4.78 is 0. The van der Waals surface area contributed by atoms with E-state index in [4.69, 9.17) is 0 Å². The van der Waals surface area contributed by atoms with Crippen LogP contribution in [0.15, 0.2) is 24.5 Å². The predicted octanol–water partition coefficient (Wildman–Crippen LogP) is 1.52. The Balaban J connectivity index is 2.13. The number of carboxylic acids is 1. The fraction of sp³-hybridized carbons (Fsp3) is 0.500. The highest BCUT2D eigenvalue weighted by Crippen LogP contribution is 2.30. The molecule has 4 nitrogen and oxygen atoms in total. The van der Waals surface area contributed by atoms with Gasteiger partial charge in [-0.1, -0.05) is 0 Å². The first-order valence-corrected chi connectivity index (χ1v) is 5.50. The van der Waals surface area contributed by atoms with Crippen molar-refractivity contribution < 1.29 is 9.90 Å². The highest BCUT2D eigenvalue weighted by atomic mass is 16.4. The van der Waals surface area contributed by atoms with E-state index < -0.39 is 11.5 Å². The number of carbonyl (C=O) groups is 1. The summed E-state index contributed by atoms with van der Waals surface area (Å²) >= 11 is 0. The van der Waals surface area contributed by atoms with E-state index in [1.807, 2.05) is 24.0 Å². The smallest absolute Gasteiger partial charge is 0.323 e. The van der Waals surface area contributed by atoms with Gasteiger partial charge < -0.3 is 5.11 Å². The van der Waals surface area contributed by atoms with Crippen molar-refractivity contribution in [1.29, 1.82) is 0 Å². The molecule has 0 aliphatic carbocycles. The van der Waals surface area contributed by atoms with Crippen LogP contribution in [0, 0.1) is 0 Å². The van der Waals surface area contributed by atoms with Crippen molar-refractivity contribution in [2.75, 3.05) is 6.54 Å².